The van der Waals surface area contributed by atoms with Crippen molar-refractivity contribution in [3.63, 3.8) is 0 Å². The van der Waals surface area contributed by atoms with Crippen LogP contribution in [-0.2, 0) is 37.8 Å². The molecule has 4 aromatic rings. The van der Waals surface area contributed by atoms with Gasteiger partial charge in [0.15, 0.2) is 0 Å². The lowest BCUT2D eigenvalue weighted by Crippen LogP contribution is -2.28. The Hall–Kier alpha value is -7.12. The number of carbonyl (C=O) groups excluding carboxylic acids is 6. The van der Waals surface area contributed by atoms with E-state index in [1.54, 1.807) is 95.5 Å². The highest BCUT2D eigenvalue weighted by atomic mass is 16.2. The molecule has 4 rings (SSSR count). The number of rotatable bonds is 22. The molecule has 0 aliphatic carbocycles. The number of nitrogens with zero attached hydrogens (tertiary/aromatic N) is 4. The summed E-state index contributed by atoms with van der Waals surface area (Å²) in [4.78, 5) is 76.2. The zero-order valence-electron chi connectivity index (χ0n) is 33.8. The Kier molecular flexibility index (Phi) is 15.8. The van der Waals surface area contributed by atoms with E-state index in [1.165, 1.54) is 0 Å². The summed E-state index contributed by atoms with van der Waals surface area (Å²) in [5, 5.41) is 31.1. The highest BCUT2D eigenvalue weighted by molar-refractivity contribution is 6.06. The Morgan fingerprint density at radius 2 is 0.746 bits per heavy atom. The van der Waals surface area contributed by atoms with Crippen molar-refractivity contribution in [2.75, 3.05) is 34.4 Å². The zero-order chi connectivity index (χ0) is 43.2. The second kappa shape index (κ2) is 20.9. The van der Waals surface area contributed by atoms with Gasteiger partial charge < -0.3 is 61.6 Å². The lowest BCUT2D eigenvalue weighted by molar-refractivity contribution is -0.117. The monoisotopic (exact) mass is 814 g/mol. The Morgan fingerprint density at radius 3 is 1.07 bits per heavy atom. The average molecular weight is 815 g/mol. The largest absolute Gasteiger partial charge is 0.388 e. The molecule has 4 aromatic heterocycles. The Labute approximate surface area is 341 Å². The molecule has 0 spiro atoms. The minimum Gasteiger partial charge on any atom is -0.388 e. The summed E-state index contributed by atoms with van der Waals surface area (Å²) >= 11 is 0. The number of aryl methyl sites for hydroxylation is 4. The Balaban J connectivity index is 1.12. The van der Waals surface area contributed by atoms with E-state index in [-0.39, 0.29) is 61.2 Å². The summed E-state index contributed by atoms with van der Waals surface area (Å²) in [7, 11) is 6.73. The number of aromatic nitrogens is 4. The molecule has 6 amide bonds. The fourth-order valence-electron chi connectivity index (χ4n) is 6.18. The van der Waals surface area contributed by atoms with E-state index in [2.05, 4.69) is 31.9 Å². The number of hydrogen-bond acceptors (Lipinski definition) is 8. The molecule has 0 unspecified atom stereocenters. The van der Waals surface area contributed by atoms with Gasteiger partial charge in [-0.05, 0) is 37.1 Å². The first-order chi connectivity index (χ1) is 28.0. The number of hydrogen-bond donors (Lipinski definition) is 10. The first-order valence-corrected chi connectivity index (χ1v) is 19.1. The van der Waals surface area contributed by atoms with Gasteiger partial charge in [-0.3, -0.25) is 39.6 Å². The molecule has 4 heterocycles. The van der Waals surface area contributed by atoms with Crippen molar-refractivity contribution in [2.24, 2.45) is 39.7 Å². The van der Waals surface area contributed by atoms with Gasteiger partial charge in [-0.15, -0.1) is 0 Å². The molecule has 20 heteroatoms. The standard InChI is InChI=1S/C39H54N14O6/c1-50-22-26(18-28(50)36(56)44-14-12-32(40)41)48-38(58)30-16-24(20-52(30)3)46-34(54)10-8-6-5-7-9-11-35(55)47-25-17-31(53(4)21-25)39(59)49-27-19-29(51(2)23-27)37(57)45-15-13-33(42)43/h16-23H,5-15H2,1-4H3,(H3,40,41)(H3,42,43)(H,44,56)(H,45,57)(H,46,54)(H,47,55)(H,48,58)(H,49,59). The van der Waals surface area contributed by atoms with E-state index in [1.807, 2.05) is 0 Å². The number of carbonyl (C=O) groups is 6. The quantitative estimate of drug-likeness (QED) is 0.0319. The van der Waals surface area contributed by atoms with E-state index in [4.69, 9.17) is 22.3 Å². The summed E-state index contributed by atoms with van der Waals surface area (Å²) in [6.45, 7) is 0.444. The van der Waals surface area contributed by atoms with Crippen molar-refractivity contribution < 1.29 is 28.8 Å². The van der Waals surface area contributed by atoms with Crippen LogP contribution in [0.15, 0.2) is 49.1 Å². The van der Waals surface area contributed by atoms with Gasteiger partial charge >= 0.3 is 0 Å². The molecule has 316 valence electrons. The molecular formula is C39H54N14O6. The van der Waals surface area contributed by atoms with E-state index >= 15 is 0 Å². The lowest BCUT2D eigenvalue weighted by atomic mass is 10.1. The fourth-order valence-corrected chi connectivity index (χ4v) is 6.18. The third-order valence-corrected chi connectivity index (χ3v) is 9.20. The molecule has 12 N–H and O–H groups in total. The SMILES string of the molecule is Cn1cc(NC(=O)c2cc(NC(=O)CCCCCCCC(=O)Nc3cc(C(=O)Nc4cc(C(=O)NCCC(=N)N)n(C)c4)n(C)c3)cn2C)cc1C(=O)NCCC(=N)N. The number of nitrogens with two attached hydrogens (primary N) is 2. The summed E-state index contributed by atoms with van der Waals surface area (Å²) < 4.78 is 6.35. The van der Waals surface area contributed by atoms with E-state index < -0.39 is 11.8 Å². The first kappa shape index (κ1) is 44.6. The zero-order valence-corrected chi connectivity index (χ0v) is 33.8. The van der Waals surface area contributed by atoms with E-state index in [0.29, 0.717) is 71.2 Å². The predicted octanol–water partition coefficient (Wildman–Crippen LogP) is 2.96. The summed E-state index contributed by atoms with van der Waals surface area (Å²) in [6.07, 6.45) is 11.3. The van der Waals surface area contributed by atoms with Crippen LogP contribution < -0.4 is 43.4 Å². The topological polar surface area (TPSA) is 294 Å². The summed E-state index contributed by atoms with van der Waals surface area (Å²) in [5.74, 6) is -1.98. The minimum absolute atomic E-state index is 0.0290. The third-order valence-electron chi connectivity index (χ3n) is 9.20. The average Bonchev–Trinajstić information content (AvgIpc) is 3.92. The van der Waals surface area contributed by atoms with Crippen molar-refractivity contribution >= 4 is 69.9 Å². The molecular weight excluding hydrogens is 761 g/mol. The minimum atomic E-state index is -0.418. The van der Waals surface area contributed by atoms with Crippen molar-refractivity contribution in [1.82, 2.24) is 28.9 Å². The van der Waals surface area contributed by atoms with Crippen LogP contribution in [0.3, 0.4) is 0 Å². The van der Waals surface area contributed by atoms with Gasteiger partial charge in [0.2, 0.25) is 11.8 Å². The van der Waals surface area contributed by atoms with Crippen molar-refractivity contribution in [3.05, 3.63) is 71.8 Å². The fraction of sp³-hybridized carbons (Fsp3) is 0.385. The van der Waals surface area contributed by atoms with Crippen LogP contribution in [0.2, 0.25) is 0 Å². The van der Waals surface area contributed by atoms with Crippen LogP contribution in [0.25, 0.3) is 0 Å². The second-order valence-corrected chi connectivity index (χ2v) is 14.2. The molecule has 20 nitrogen and oxygen atoms in total. The number of amides is 6. The van der Waals surface area contributed by atoms with Gasteiger partial charge in [0.1, 0.15) is 22.8 Å². The molecule has 0 fully saturated rings. The van der Waals surface area contributed by atoms with Crippen LogP contribution in [0, 0.1) is 10.8 Å². The van der Waals surface area contributed by atoms with E-state index in [0.717, 1.165) is 19.3 Å². The first-order valence-electron chi connectivity index (χ1n) is 19.1. The molecule has 0 aromatic carbocycles. The van der Waals surface area contributed by atoms with Crippen molar-refractivity contribution in [1.29, 1.82) is 10.8 Å². The predicted molar refractivity (Wildman–Crippen MR) is 225 cm³/mol. The van der Waals surface area contributed by atoms with Gasteiger partial charge in [0.25, 0.3) is 23.6 Å². The third kappa shape index (κ3) is 13.5. The van der Waals surface area contributed by atoms with E-state index in [9.17, 15) is 28.8 Å². The van der Waals surface area contributed by atoms with Gasteiger partial charge in [-0.25, -0.2) is 0 Å². The Morgan fingerprint density at radius 1 is 0.458 bits per heavy atom. The normalized spacial score (nSPS) is 10.8. The summed E-state index contributed by atoms with van der Waals surface area (Å²) in [6, 6.07) is 6.24. The molecule has 59 heavy (non-hydrogen) atoms. The number of unbranched alkanes of at least 4 members (excludes halogenated alkanes) is 4. The molecule has 0 saturated heterocycles. The second-order valence-electron chi connectivity index (χ2n) is 14.2. The van der Waals surface area contributed by atoms with Gasteiger partial charge in [-0.2, -0.15) is 0 Å². The van der Waals surface area contributed by atoms with Gasteiger partial charge in [0, 0.05) is 91.8 Å². The van der Waals surface area contributed by atoms with Crippen LogP contribution in [0.1, 0.15) is 99.7 Å². The van der Waals surface area contributed by atoms with Crippen molar-refractivity contribution in [2.45, 2.75) is 57.8 Å². The molecule has 0 atom stereocenters. The van der Waals surface area contributed by atoms with Crippen LogP contribution in [-0.4, -0.2) is 78.5 Å². The molecule has 0 aliphatic heterocycles. The smallest absolute Gasteiger partial charge is 0.272 e. The number of amidine groups is 2. The highest BCUT2D eigenvalue weighted by Gasteiger charge is 2.19. The van der Waals surface area contributed by atoms with Crippen LogP contribution in [0.5, 0.6) is 0 Å². The maximum absolute atomic E-state index is 13.0. The maximum Gasteiger partial charge on any atom is 0.272 e. The van der Waals surface area contributed by atoms with Crippen LogP contribution >= 0.6 is 0 Å². The van der Waals surface area contributed by atoms with Crippen molar-refractivity contribution in [3.8, 4) is 0 Å². The highest BCUT2D eigenvalue weighted by Crippen LogP contribution is 2.20. The summed E-state index contributed by atoms with van der Waals surface area (Å²) in [5.41, 5.74) is 13.7. The van der Waals surface area contributed by atoms with Gasteiger partial charge in [-0.1, -0.05) is 19.3 Å². The number of nitrogens with one attached hydrogen (secondary N) is 8. The Bertz CT molecular complexity index is 2050. The molecule has 0 bridgehead atoms. The maximum atomic E-state index is 13.0. The lowest BCUT2D eigenvalue weighted by Gasteiger charge is -2.04. The van der Waals surface area contributed by atoms with Gasteiger partial charge in [0.05, 0.1) is 34.4 Å². The molecule has 0 saturated carbocycles. The van der Waals surface area contributed by atoms with Crippen LogP contribution in [0.4, 0.5) is 22.7 Å². The molecule has 0 radical (unpaired) electrons. The molecule has 0 aliphatic rings. The number of anilines is 4.